The molecule has 3 heteroatoms. The standard InChI is InChI=1S/C5H10Si.C3H3NO/c1-5-6(2,3)4;1-2-5-3-4-1/h1H,2-4H3;1-3H. The van der Waals surface area contributed by atoms with Gasteiger partial charge in [-0.05, 0) is 0 Å². The first-order valence-corrected chi connectivity index (χ1v) is 6.86. The van der Waals surface area contributed by atoms with Gasteiger partial charge in [0.1, 0.15) is 14.3 Å². The molecule has 0 aromatic carbocycles. The predicted molar refractivity (Wildman–Crippen MR) is 48.7 cm³/mol. The molecule has 1 rings (SSSR count). The largest absolute Gasteiger partial charge is 0.452 e. The fourth-order valence-corrected chi connectivity index (χ4v) is 0.176. The summed E-state index contributed by atoms with van der Waals surface area (Å²) in [6, 6.07) is 0. The third-order valence-electron chi connectivity index (χ3n) is 0.780. The molecule has 0 radical (unpaired) electrons. The third kappa shape index (κ3) is 8.99. The number of aromatic nitrogens is 1. The van der Waals surface area contributed by atoms with E-state index in [2.05, 4.69) is 34.6 Å². The Bertz CT molecular complexity index is 188. The van der Waals surface area contributed by atoms with Gasteiger partial charge in [0.15, 0.2) is 6.39 Å². The quantitative estimate of drug-likeness (QED) is 0.437. The Kier molecular flexibility index (Phi) is 4.31. The Morgan fingerprint density at radius 1 is 1.45 bits per heavy atom. The van der Waals surface area contributed by atoms with Crippen LogP contribution in [0.15, 0.2) is 23.3 Å². The zero-order chi connectivity index (χ0) is 8.74. The molecule has 0 aliphatic carbocycles. The highest BCUT2D eigenvalue weighted by Gasteiger charge is 2.05. The van der Waals surface area contributed by atoms with Gasteiger partial charge in [0.2, 0.25) is 0 Å². The lowest BCUT2D eigenvalue weighted by Gasteiger charge is -2.00. The van der Waals surface area contributed by atoms with Gasteiger partial charge >= 0.3 is 0 Å². The first-order chi connectivity index (χ1) is 5.06. The molecule has 11 heavy (non-hydrogen) atoms. The molecular formula is C8H13NOSi. The van der Waals surface area contributed by atoms with E-state index in [0.717, 1.165) is 0 Å². The van der Waals surface area contributed by atoms with Gasteiger partial charge in [0.25, 0.3) is 0 Å². The van der Waals surface area contributed by atoms with E-state index in [1.54, 1.807) is 6.20 Å². The average Bonchev–Trinajstić information content (AvgIpc) is 2.41. The van der Waals surface area contributed by atoms with Crippen molar-refractivity contribution in [2.45, 2.75) is 19.6 Å². The molecular weight excluding hydrogens is 154 g/mol. The van der Waals surface area contributed by atoms with Crippen molar-refractivity contribution in [3.05, 3.63) is 18.9 Å². The summed E-state index contributed by atoms with van der Waals surface area (Å²) in [5, 5.41) is 0. The lowest BCUT2D eigenvalue weighted by Crippen LogP contribution is -2.15. The monoisotopic (exact) mass is 167 g/mol. The van der Waals surface area contributed by atoms with Crippen LogP contribution in [0.25, 0.3) is 0 Å². The van der Waals surface area contributed by atoms with Gasteiger partial charge in [0.05, 0.1) is 6.20 Å². The molecule has 60 valence electrons. The topological polar surface area (TPSA) is 26.0 Å². The van der Waals surface area contributed by atoms with Crippen LogP contribution in [0.2, 0.25) is 19.6 Å². The number of nitrogens with zero attached hydrogens (tertiary/aromatic N) is 1. The minimum absolute atomic E-state index is 1.10. The summed E-state index contributed by atoms with van der Waals surface area (Å²) in [6.45, 7) is 6.44. The zero-order valence-electron chi connectivity index (χ0n) is 7.16. The molecule has 0 atom stereocenters. The van der Waals surface area contributed by atoms with Crippen LogP contribution >= 0.6 is 0 Å². The van der Waals surface area contributed by atoms with Crippen LogP contribution in [0.4, 0.5) is 0 Å². The lowest BCUT2D eigenvalue weighted by molar-refractivity contribution is 0.558. The van der Waals surface area contributed by atoms with Crippen LogP contribution in [-0.2, 0) is 0 Å². The highest BCUT2D eigenvalue weighted by molar-refractivity contribution is 6.83. The molecule has 0 aliphatic rings. The van der Waals surface area contributed by atoms with Crippen LogP contribution in [0.5, 0.6) is 0 Å². The molecule has 0 unspecified atom stereocenters. The summed E-state index contributed by atoms with van der Waals surface area (Å²) in [4.78, 5) is 3.56. The summed E-state index contributed by atoms with van der Waals surface area (Å²) in [6.07, 6.45) is 9.59. The second-order valence-corrected chi connectivity index (χ2v) is 7.86. The Labute approximate surface area is 68.7 Å². The maximum absolute atomic E-state index is 5.12. The molecule has 0 N–H and O–H groups in total. The van der Waals surface area contributed by atoms with Crippen molar-refractivity contribution in [1.82, 2.24) is 4.98 Å². The number of terminal acetylenes is 1. The van der Waals surface area contributed by atoms with E-state index in [1.165, 1.54) is 12.7 Å². The highest BCUT2D eigenvalue weighted by atomic mass is 28.3. The van der Waals surface area contributed by atoms with Gasteiger partial charge in [-0.15, -0.1) is 12.0 Å². The summed E-state index contributed by atoms with van der Waals surface area (Å²) >= 11 is 0. The minimum atomic E-state index is -1.10. The Morgan fingerprint density at radius 3 is 2.09 bits per heavy atom. The average molecular weight is 167 g/mol. The first-order valence-electron chi connectivity index (χ1n) is 3.36. The van der Waals surface area contributed by atoms with Gasteiger partial charge in [-0.25, -0.2) is 4.98 Å². The molecule has 1 aromatic rings. The summed E-state index contributed by atoms with van der Waals surface area (Å²) in [7, 11) is -1.10. The fourth-order valence-electron chi connectivity index (χ4n) is 0.176. The number of rotatable bonds is 0. The summed E-state index contributed by atoms with van der Waals surface area (Å²) in [5.74, 6) is 0. The second kappa shape index (κ2) is 4.75. The lowest BCUT2D eigenvalue weighted by atomic mass is 11.0. The third-order valence-corrected chi connectivity index (χ3v) is 1.65. The van der Waals surface area contributed by atoms with Crippen molar-refractivity contribution in [3.8, 4) is 12.0 Å². The van der Waals surface area contributed by atoms with E-state index in [0.29, 0.717) is 0 Å². The smallest absolute Gasteiger partial charge is 0.180 e. The van der Waals surface area contributed by atoms with Gasteiger partial charge in [-0.1, -0.05) is 19.6 Å². The Hall–Kier alpha value is -1.01. The molecule has 2 nitrogen and oxygen atoms in total. The Morgan fingerprint density at radius 2 is 2.00 bits per heavy atom. The van der Waals surface area contributed by atoms with Crippen LogP contribution in [-0.4, -0.2) is 13.1 Å². The van der Waals surface area contributed by atoms with Crippen LogP contribution in [0.3, 0.4) is 0 Å². The van der Waals surface area contributed by atoms with E-state index < -0.39 is 8.07 Å². The van der Waals surface area contributed by atoms with Gasteiger partial charge in [0, 0.05) is 0 Å². The second-order valence-electron chi connectivity index (χ2n) is 3.07. The van der Waals surface area contributed by atoms with E-state index in [-0.39, 0.29) is 0 Å². The molecule has 1 heterocycles. The molecule has 0 aliphatic heterocycles. The maximum atomic E-state index is 5.12. The van der Waals surface area contributed by atoms with Gasteiger partial charge < -0.3 is 4.42 Å². The molecule has 0 bridgehead atoms. The van der Waals surface area contributed by atoms with Crippen molar-refractivity contribution >= 4 is 8.07 Å². The fraction of sp³-hybridized carbons (Fsp3) is 0.375. The van der Waals surface area contributed by atoms with Crippen molar-refractivity contribution in [2.75, 3.05) is 0 Å². The molecule has 0 fully saturated rings. The van der Waals surface area contributed by atoms with Gasteiger partial charge in [-0.3, -0.25) is 0 Å². The molecule has 1 aromatic heterocycles. The van der Waals surface area contributed by atoms with Crippen molar-refractivity contribution < 1.29 is 4.42 Å². The maximum Gasteiger partial charge on any atom is 0.180 e. The van der Waals surface area contributed by atoms with Crippen LogP contribution in [0.1, 0.15) is 0 Å². The van der Waals surface area contributed by atoms with Crippen molar-refractivity contribution in [3.63, 3.8) is 0 Å². The van der Waals surface area contributed by atoms with E-state index >= 15 is 0 Å². The summed E-state index contributed by atoms with van der Waals surface area (Å²) in [5.41, 5.74) is 2.74. The number of oxazole rings is 1. The van der Waals surface area contributed by atoms with Crippen molar-refractivity contribution in [2.24, 2.45) is 0 Å². The van der Waals surface area contributed by atoms with E-state index in [1.807, 2.05) is 0 Å². The summed E-state index contributed by atoms with van der Waals surface area (Å²) < 4.78 is 4.47. The molecule has 0 spiro atoms. The number of hydrogen-bond acceptors (Lipinski definition) is 2. The Balaban J connectivity index is 0.000000183. The molecule has 0 saturated heterocycles. The first kappa shape index (κ1) is 9.99. The SMILES string of the molecule is C#C[Si](C)(C)C.c1cocn1. The van der Waals surface area contributed by atoms with Crippen LogP contribution in [0, 0.1) is 12.0 Å². The molecule has 0 amide bonds. The van der Waals surface area contributed by atoms with Crippen molar-refractivity contribution in [1.29, 1.82) is 0 Å². The number of hydrogen-bond donors (Lipinski definition) is 0. The normalized spacial score (nSPS) is 9.27. The minimum Gasteiger partial charge on any atom is -0.452 e. The zero-order valence-corrected chi connectivity index (χ0v) is 8.16. The van der Waals surface area contributed by atoms with Crippen LogP contribution < -0.4 is 0 Å². The van der Waals surface area contributed by atoms with E-state index in [4.69, 9.17) is 6.42 Å². The molecule has 0 saturated carbocycles. The van der Waals surface area contributed by atoms with Gasteiger partial charge in [-0.2, -0.15) is 0 Å². The predicted octanol–water partition coefficient (Wildman–Crippen LogP) is 2.17. The van der Waals surface area contributed by atoms with E-state index in [9.17, 15) is 0 Å². The highest BCUT2D eigenvalue weighted by Crippen LogP contribution is 1.94.